The Morgan fingerprint density at radius 2 is 2.05 bits per heavy atom. The van der Waals surface area contributed by atoms with Crippen LogP contribution < -0.4 is 10.1 Å². The fraction of sp³-hybridized carbons (Fsp3) is 0.200. The van der Waals surface area contributed by atoms with E-state index in [2.05, 4.69) is 5.32 Å². The maximum Gasteiger partial charge on any atom is 0.292 e. The molecule has 0 saturated carbocycles. The van der Waals surface area contributed by atoms with E-state index in [1.165, 1.54) is 12.1 Å². The lowest BCUT2D eigenvalue weighted by Crippen LogP contribution is -2.04. The summed E-state index contributed by atoms with van der Waals surface area (Å²) < 4.78 is 5.29. The number of nitro benzene ring substituents is 1. The van der Waals surface area contributed by atoms with Crippen LogP contribution in [0.1, 0.15) is 11.1 Å². The summed E-state index contributed by atoms with van der Waals surface area (Å²) in [6.45, 7) is 2.39. The number of hydrogen-bond donors (Lipinski definition) is 1. The second-order valence-electron chi connectivity index (χ2n) is 4.59. The first-order chi connectivity index (χ1) is 10.0. The smallest absolute Gasteiger partial charge is 0.292 e. The maximum atomic E-state index is 11.0. The maximum absolute atomic E-state index is 11.0. The first-order valence-electron chi connectivity index (χ1n) is 6.32. The average Bonchev–Trinajstić information content (AvgIpc) is 2.45. The molecule has 0 saturated heterocycles. The topological polar surface area (TPSA) is 64.4 Å². The van der Waals surface area contributed by atoms with Crippen LogP contribution in [-0.2, 0) is 6.54 Å². The Morgan fingerprint density at radius 3 is 2.71 bits per heavy atom. The van der Waals surface area contributed by atoms with Crippen LogP contribution in [0.2, 0.25) is 5.02 Å². The third kappa shape index (κ3) is 3.64. The molecule has 0 bridgehead atoms. The zero-order chi connectivity index (χ0) is 15.4. The second kappa shape index (κ2) is 6.45. The van der Waals surface area contributed by atoms with Gasteiger partial charge in [-0.1, -0.05) is 29.3 Å². The molecule has 0 fully saturated rings. The highest BCUT2D eigenvalue weighted by Crippen LogP contribution is 2.29. The fourth-order valence-electron chi connectivity index (χ4n) is 2.05. The van der Waals surface area contributed by atoms with Crippen LogP contribution in [0.3, 0.4) is 0 Å². The number of nitro groups is 1. The first-order valence-corrected chi connectivity index (χ1v) is 6.70. The molecule has 0 spiro atoms. The molecule has 21 heavy (non-hydrogen) atoms. The Balaban J connectivity index is 2.26. The summed E-state index contributed by atoms with van der Waals surface area (Å²) in [5.74, 6) is 0.734. The third-order valence-electron chi connectivity index (χ3n) is 3.06. The van der Waals surface area contributed by atoms with Crippen LogP contribution in [0.25, 0.3) is 0 Å². The Kier molecular flexibility index (Phi) is 4.65. The van der Waals surface area contributed by atoms with Gasteiger partial charge in [0.2, 0.25) is 0 Å². The monoisotopic (exact) mass is 306 g/mol. The van der Waals surface area contributed by atoms with Crippen LogP contribution in [-0.4, -0.2) is 12.0 Å². The average molecular weight is 307 g/mol. The number of aryl methyl sites for hydroxylation is 1. The zero-order valence-corrected chi connectivity index (χ0v) is 12.5. The SMILES string of the molecule is COc1ccc(C)cc1CNc1cc(Cl)ccc1[N+](=O)[O-]. The van der Waals surface area contributed by atoms with Crippen LogP contribution >= 0.6 is 11.6 Å². The molecule has 2 aromatic carbocycles. The van der Waals surface area contributed by atoms with E-state index in [0.29, 0.717) is 17.3 Å². The second-order valence-corrected chi connectivity index (χ2v) is 5.02. The molecule has 0 aromatic heterocycles. The minimum atomic E-state index is -0.438. The van der Waals surface area contributed by atoms with Crippen LogP contribution in [0, 0.1) is 17.0 Å². The number of rotatable bonds is 5. The highest BCUT2D eigenvalue weighted by atomic mass is 35.5. The van der Waals surface area contributed by atoms with E-state index in [0.717, 1.165) is 16.9 Å². The normalized spacial score (nSPS) is 10.2. The molecule has 0 aliphatic rings. The molecule has 2 aromatic rings. The molecular formula is C15H15ClN2O3. The Labute approximate surface area is 127 Å². The minimum Gasteiger partial charge on any atom is -0.496 e. The van der Waals surface area contributed by atoms with E-state index in [9.17, 15) is 10.1 Å². The Bertz CT molecular complexity index is 674. The number of methoxy groups -OCH3 is 1. The summed E-state index contributed by atoms with van der Waals surface area (Å²) in [7, 11) is 1.59. The van der Waals surface area contributed by atoms with Gasteiger partial charge in [0, 0.05) is 23.2 Å². The molecule has 0 aliphatic carbocycles. The van der Waals surface area contributed by atoms with Gasteiger partial charge in [0.15, 0.2) is 0 Å². The molecule has 0 atom stereocenters. The van der Waals surface area contributed by atoms with Crippen LogP contribution in [0.15, 0.2) is 36.4 Å². The highest BCUT2D eigenvalue weighted by molar-refractivity contribution is 6.31. The van der Waals surface area contributed by atoms with Crippen molar-refractivity contribution in [1.82, 2.24) is 0 Å². The van der Waals surface area contributed by atoms with E-state index < -0.39 is 4.92 Å². The number of ether oxygens (including phenoxy) is 1. The van der Waals surface area contributed by atoms with Crippen molar-refractivity contribution in [2.24, 2.45) is 0 Å². The Morgan fingerprint density at radius 1 is 1.29 bits per heavy atom. The summed E-state index contributed by atoms with van der Waals surface area (Å²) >= 11 is 5.90. The van der Waals surface area contributed by atoms with E-state index in [1.54, 1.807) is 13.2 Å². The van der Waals surface area contributed by atoms with Crippen molar-refractivity contribution < 1.29 is 9.66 Å². The highest BCUT2D eigenvalue weighted by Gasteiger charge is 2.14. The van der Waals surface area contributed by atoms with Gasteiger partial charge in [0.1, 0.15) is 11.4 Å². The molecule has 0 aliphatic heterocycles. The van der Waals surface area contributed by atoms with Crippen molar-refractivity contribution in [3.63, 3.8) is 0 Å². The molecule has 2 rings (SSSR count). The molecule has 110 valence electrons. The van der Waals surface area contributed by atoms with Gasteiger partial charge in [-0.2, -0.15) is 0 Å². The molecule has 1 N–H and O–H groups in total. The molecular weight excluding hydrogens is 292 g/mol. The summed E-state index contributed by atoms with van der Waals surface area (Å²) in [5, 5.41) is 14.5. The first kappa shape index (κ1) is 15.1. The fourth-order valence-corrected chi connectivity index (χ4v) is 2.22. The summed E-state index contributed by atoms with van der Waals surface area (Å²) in [6, 6.07) is 10.2. The van der Waals surface area contributed by atoms with Crippen molar-refractivity contribution in [1.29, 1.82) is 0 Å². The van der Waals surface area contributed by atoms with Gasteiger partial charge in [-0.15, -0.1) is 0 Å². The third-order valence-corrected chi connectivity index (χ3v) is 3.30. The van der Waals surface area contributed by atoms with Gasteiger partial charge in [0.25, 0.3) is 5.69 Å². The van der Waals surface area contributed by atoms with Crippen molar-refractivity contribution in [3.05, 3.63) is 62.7 Å². The molecule has 0 unspecified atom stereocenters. The number of benzene rings is 2. The van der Waals surface area contributed by atoms with Gasteiger partial charge in [0.05, 0.1) is 12.0 Å². The number of halogens is 1. The largest absolute Gasteiger partial charge is 0.496 e. The van der Waals surface area contributed by atoms with Crippen LogP contribution in [0.5, 0.6) is 5.75 Å². The lowest BCUT2D eigenvalue weighted by atomic mass is 10.1. The number of hydrogen-bond acceptors (Lipinski definition) is 4. The summed E-state index contributed by atoms with van der Waals surface area (Å²) in [5.41, 5.74) is 2.39. The predicted octanol–water partition coefficient (Wildman–Crippen LogP) is 4.18. The minimum absolute atomic E-state index is 0.00831. The summed E-state index contributed by atoms with van der Waals surface area (Å²) in [4.78, 5) is 10.6. The standard InChI is InChI=1S/C15H15ClN2O3/c1-10-3-6-15(21-2)11(7-10)9-17-13-8-12(16)4-5-14(13)18(19)20/h3-8,17H,9H2,1-2H3. The van der Waals surface area contributed by atoms with E-state index in [4.69, 9.17) is 16.3 Å². The van der Waals surface area contributed by atoms with Crippen molar-refractivity contribution in [2.45, 2.75) is 13.5 Å². The van der Waals surface area contributed by atoms with E-state index >= 15 is 0 Å². The van der Waals surface area contributed by atoms with E-state index in [-0.39, 0.29) is 5.69 Å². The molecule has 5 nitrogen and oxygen atoms in total. The molecule has 0 radical (unpaired) electrons. The number of nitrogens with zero attached hydrogens (tertiary/aromatic N) is 1. The van der Waals surface area contributed by atoms with Crippen molar-refractivity contribution in [3.8, 4) is 5.75 Å². The summed E-state index contributed by atoms with van der Waals surface area (Å²) in [6.07, 6.45) is 0. The molecule has 0 amide bonds. The quantitative estimate of drug-likeness (QED) is 0.665. The van der Waals surface area contributed by atoms with Gasteiger partial charge < -0.3 is 10.1 Å². The number of anilines is 1. The number of nitrogens with one attached hydrogen (secondary N) is 1. The van der Waals surface area contributed by atoms with E-state index in [1.807, 2.05) is 25.1 Å². The van der Waals surface area contributed by atoms with Gasteiger partial charge in [-0.3, -0.25) is 10.1 Å². The Hall–Kier alpha value is -2.27. The van der Waals surface area contributed by atoms with Gasteiger partial charge in [-0.25, -0.2) is 0 Å². The molecule has 0 heterocycles. The zero-order valence-electron chi connectivity index (χ0n) is 11.7. The van der Waals surface area contributed by atoms with Gasteiger partial charge in [-0.05, 0) is 25.1 Å². The van der Waals surface area contributed by atoms with Crippen molar-refractivity contribution in [2.75, 3.05) is 12.4 Å². The molecule has 6 heteroatoms. The van der Waals surface area contributed by atoms with Crippen molar-refractivity contribution >= 4 is 23.0 Å². The van der Waals surface area contributed by atoms with Gasteiger partial charge >= 0.3 is 0 Å². The predicted molar refractivity (Wildman–Crippen MR) is 83.2 cm³/mol. The van der Waals surface area contributed by atoms with Crippen LogP contribution in [0.4, 0.5) is 11.4 Å². The lowest BCUT2D eigenvalue weighted by molar-refractivity contribution is -0.384. The lowest BCUT2D eigenvalue weighted by Gasteiger charge is -2.12.